The van der Waals surface area contributed by atoms with Gasteiger partial charge in [-0.1, -0.05) is 27.5 Å². The molecule has 2 aromatic rings. The molecule has 1 aromatic heterocycles. The highest BCUT2D eigenvalue weighted by atomic mass is 79.9. The van der Waals surface area contributed by atoms with Crippen molar-refractivity contribution in [3.63, 3.8) is 0 Å². The summed E-state index contributed by atoms with van der Waals surface area (Å²) < 4.78 is 12.5. The quantitative estimate of drug-likeness (QED) is 0.551. The van der Waals surface area contributed by atoms with Crippen molar-refractivity contribution in [2.45, 2.75) is 11.2 Å². The van der Waals surface area contributed by atoms with Crippen molar-refractivity contribution in [3.05, 3.63) is 43.5 Å². The molecule has 3 rings (SSSR count). The molecule has 0 N–H and O–H groups in total. The van der Waals surface area contributed by atoms with E-state index in [1.54, 1.807) is 11.3 Å². The molecule has 0 saturated heterocycles. The summed E-state index contributed by atoms with van der Waals surface area (Å²) in [6, 6.07) is 5.84. The minimum Gasteiger partial charge on any atom is -0.490 e. The molecule has 2 heterocycles. The minimum atomic E-state index is 0.0292. The van der Waals surface area contributed by atoms with Crippen molar-refractivity contribution in [2.24, 2.45) is 0 Å². The topological polar surface area (TPSA) is 18.5 Å². The van der Waals surface area contributed by atoms with Gasteiger partial charge in [0.15, 0.2) is 11.5 Å². The van der Waals surface area contributed by atoms with E-state index in [4.69, 9.17) is 21.1 Å². The first kappa shape index (κ1) is 14.7. The summed E-state index contributed by atoms with van der Waals surface area (Å²) in [6.07, 6.45) is 0.885. The van der Waals surface area contributed by atoms with Crippen LogP contribution in [0.1, 0.15) is 21.7 Å². The van der Waals surface area contributed by atoms with Gasteiger partial charge in [0.2, 0.25) is 0 Å². The highest BCUT2D eigenvalue weighted by molar-refractivity contribution is 9.11. The normalized spacial score (nSPS) is 15.8. The van der Waals surface area contributed by atoms with Gasteiger partial charge in [0.25, 0.3) is 0 Å². The average Bonchev–Trinajstić information content (AvgIpc) is 2.72. The number of rotatable bonds is 2. The van der Waals surface area contributed by atoms with Crippen LogP contribution in [0, 0.1) is 0 Å². The van der Waals surface area contributed by atoms with Crippen LogP contribution in [0.3, 0.4) is 0 Å². The molecular formula is C14H11Br2ClO2S. The van der Waals surface area contributed by atoms with Crippen LogP contribution in [0.25, 0.3) is 0 Å². The Morgan fingerprint density at radius 2 is 1.90 bits per heavy atom. The van der Waals surface area contributed by atoms with Crippen LogP contribution in [0.5, 0.6) is 11.5 Å². The Bertz CT molecular complexity index is 630. The van der Waals surface area contributed by atoms with Crippen LogP contribution in [-0.4, -0.2) is 13.2 Å². The maximum atomic E-state index is 6.40. The minimum absolute atomic E-state index is 0.0292. The van der Waals surface area contributed by atoms with Crippen molar-refractivity contribution in [2.75, 3.05) is 13.2 Å². The van der Waals surface area contributed by atoms with Crippen LogP contribution in [0.2, 0.25) is 5.02 Å². The first-order valence-electron chi connectivity index (χ1n) is 6.13. The Hall–Kier alpha value is -0.230. The van der Waals surface area contributed by atoms with Gasteiger partial charge in [-0.05, 0) is 39.0 Å². The van der Waals surface area contributed by atoms with Crippen molar-refractivity contribution < 1.29 is 9.47 Å². The molecule has 0 bridgehead atoms. The summed E-state index contributed by atoms with van der Waals surface area (Å²) >= 11 is 15.4. The van der Waals surface area contributed by atoms with Crippen LogP contribution in [-0.2, 0) is 0 Å². The third-order valence-corrected chi connectivity index (χ3v) is 6.53. The van der Waals surface area contributed by atoms with Crippen molar-refractivity contribution in [1.29, 1.82) is 0 Å². The second-order valence-corrected chi connectivity index (χ2v) is 7.49. The Labute approximate surface area is 143 Å². The van der Waals surface area contributed by atoms with E-state index in [1.807, 2.05) is 23.6 Å². The molecule has 1 aliphatic rings. The third-order valence-electron chi connectivity index (χ3n) is 3.01. The molecule has 0 spiro atoms. The molecule has 1 aromatic carbocycles. The summed E-state index contributed by atoms with van der Waals surface area (Å²) in [5.74, 6) is 1.49. The second kappa shape index (κ2) is 6.26. The van der Waals surface area contributed by atoms with Gasteiger partial charge in [0.1, 0.15) is 0 Å². The van der Waals surface area contributed by atoms with Gasteiger partial charge >= 0.3 is 0 Å². The fourth-order valence-electron chi connectivity index (χ4n) is 2.02. The van der Waals surface area contributed by atoms with E-state index in [0.717, 1.165) is 28.0 Å². The lowest BCUT2D eigenvalue weighted by Gasteiger charge is -2.15. The van der Waals surface area contributed by atoms with E-state index < -0.39 is 0 Å². The van der Waals surface area contributed by atoms with Crippen LogP contribution >= 0.6 is 54.8 Å². The number of ether oxygens (including phenoxy) is 2. The molecule has 6 heteroatoms. The highest BCUT2D eigenvalue weighted by Gasteiger charge is 2.21. The first-order valence-corrected chi connectivity index (χ1v) is 9.09. The number of hydrogen-bond donors (Lipinski definition) is 0. The lowest BCUT2D eigenvalue weighted by atomic mass is 10.1. The summed E-state index contributed by atoms with van der Waals surface area (Å²) in [7, 11) is 0. The number of halogens is 3. The molecule has 0 saturated carbocycles. The smallest absolute Gasteiger partial charge is 0.162 e. The van der Waals surface area contributed by atoms with Crippen molar-refractivity contribution in [1.82, 2.24) is 0 Å². The monoisotopic (exact) mass is 436 g/mol. The zero-order chi connectivity index (χ0) is 14.1. The van der Waals surface area contributed by atoms with Crippen molar-refractivity contribution >= 4 is 54.8 Å². The summed E-state index contributed by atoms with van der Waals surface area (Å²) in [6.45, 7) is 1.33. The van der Waals surface area contributed by atoms with E-state index >= 15 is 0 Å². The molecule has 0 radical (unpaired) electrons. The lowest BCUT2D eigenvalue weighted by molar-refractivity contribution is 0.297. The molecule has 20 heavy (non-hydrogen) atoms. The molecule has 106 valence electrons. The molecule has 2 nitrogen and oxygen atoms in total. The van der Waals surface area contributed by atoms with Gasteiger partial charge < -0.3 is 9.47 Å². The van der Waals surface area contributed by atoms with Gasteiger partial charge in [-0.15, -0.1) is 11.3 Å². The molecule has 0 aliphatic carbocycles. The van der Waals surface area contributed by atoms with Gasteiger partial charge in [-0.3, -0.25) is 0 Å². The number of thiophene rings is 1. The number of alkyl halides is 1. The largest absolute Gasteiger partial charge is 0.490 e. The summed E-state index contributed by atoms with van der Waals surface area (Å²) in [5.41, 5.74) is 0.985. The fourth-order valence-corrected chi connectivity index (χ4v) is 5.27. The van der Waals surface area contributed by atoms with Crippen LogP contribution in [0.15, 0.2) is 28.1 Å². The molecule has 1 unspecified atom stereocenters. The second-order valence-electron chi connectivity index (χ2n) is 4.37. The van der Waals surface area contributed by atoms with Gasteiger partial charge in [0.05, 0.1) is 18.0 Å². The maximum Gasteiger partial charge on any atom is 0.162 e. The van der Waals surface area contributed by atoms with Crippen LogP contribution < -0.4 is 9.47 Å². The number of benzene rings is 1. The summed E-state index contributed by atoms with van der Waals surface area (Å²) in [5, 5.41) is 2.72. The molecule has 0 fully saturated rings. The maximum absolute atomic E-state index is 6.40. The first-order chi connectivity index (χ1) is 9.66. The Balaban J connectivity index is 2.01. The molecule has 1 aliphatic heterocycles. The molecule has 1 atom stereocenters. The van der Waals surface area contributed by atoms with E-state index in [9.17, 15) is 0 Å². The highest BCUT2D eigenvalue weighted by Crippen LogP contribution is 2.45. The van der Waals surface area contributed by atoms with E-state index in [2.05, 4.69) is 31.9 Å². The predicted molar refractivity (Wildman–Crippen MR) is 89.8 cm³/mol. The van der Waals surface area contributed by atoms with Gasteiger partial charge in [-0.25, -0.2) is 0 Å². The van der Waals surface area contributed by atoms with E-state index in [0.29, 0.717) is 18.2 Å². The van der Waals surface area contributed by atoms with E-state index in [1.165, 1.54) is 4.88 Å². The van der Waals surface area contributed by atoms with E-state index in [-0.39, 0.29) is 4.83 Å². The Morgan fingerprint density at radius 3 is 2.55 bits per heavy atom. The number of hydrogen-bond acceptors (Lipinski definition) is 3. The third kappa shape index (κ3) is 2.86. The van der Waals surface area contributed by atoms with Gasteiger partial charge in [-0.2, -0.15) is 0 Å². The van der Waals surface area contributed by atoms with Crippen molar-refractivity contribution in [3.8, 4) is 11.5 Å². The zero-order valence-corrected chi connectivity index (χ0v) is 15.1. The standard InChI is InChI=1S/C14H11Br2ClO2S/c15-9-2-5-20-14(9)13(16)8-6-11-12(7-10(8)17)19-4-1-3-18-11/h2,5-7,13H,1,3-4H2. The zero-order valence-electron chi connectivity index (χ0n) is 10.4. The molecule has 0 amide bonds. The average molecular weight is 439 g/mol. The SMILES string of the molecule is Clc1cc2c(cc1C(Br)c1sccc1Br)OCCCO2. The Kier molecular flexibility index (Phi) is 4.60. The summed E-state index contributed by atoms with van der Waals surface area (Å²) in [4.78, 5) is 1.21. The lowest BCUT2D eigenvalue weighted by Crippen LogP contribution is -1.97. The number of fused-ring (bicyclic) bond motifs is 1. The van der Waals surface area contributed by atoms with Crippen LogP contribution in [0.4, 0.5) is 0 Å². The Morgan fingerprint density at radius 1 is 1.20 bits per heavy atom. The van der Waals surface area contributed by atoms with Gasteiger partial charge in [0, 0.05) is 26.9 Å². The fraction of sp³-hybridized carbons (Fsp3) is 0.286. The molecular weight excluding hydrogens is 427 g/mol. The predicted octanol–water partition coefficient (Wildman–Crippen LogP) is 5.81.